The molecule has 0 saturated heterocycles. The lowest BCUT2D eigenvalue weighted by atomic mass is 9.90. The number of carbonyl (C=O) groups excluding carboxylic acids is 1. The van der Waals surface area contributed by atoms with Gasteiger partial charge in [0, 0.05) is 22.4 Å². The molecule has 190 valence electrons. The number of nitrogens with zero attached hydrogens (tertiary/aromatic N) is 2. The number of aryl methyl sites for hydroxylation is 2. The third kappa shape index (κ3) is 4.90. The summed E-state index contributed by atoms with van der Waals surface area (Å²) in [6.07, 6.45) is 4.69. The highest BCUT2D eigenvalue weighted by Crippen LogP contribution is 2.30. The number of fused-ring (bicyclic) bond motifs is 2. The molecule has 0 radical (unpaired) electrons. The molecule has 0 fully saturated rings. The molecule has 8 heteroatoms. The van der Waals surface area contributed by atoms with Crippen molar-refractivity contribution in [2.75, 3.05) is 12.4 Å². The first kappa shape index (κ1) is 23.9. The lowest BCUT2D eigenvalue weighted by Gasteiger charge is -2.16. The van der Waals surface area contributed by atoms with Crippen molar-refractivity contribution in [3.63, 3.8) is 0 Å². The number of amides is 1. The lowest BCUT2D eigenvalue weighted by Crippen LogP contribution is -2.21. The zero-order valence-electron chi connectivity index (χ0n) is 20.7. The van der Waals surface area contributed by atoms with Gasteiger partial charge in [-0.25, -0.2) is 9.98 Å². The fraction of sp³-hybridized carbons (Fsp3) is 0.167. The van der Waals surface area contributed by atoms with Gasteiger partial charge in [-0.1, -0.05) is 12.1 Å². The number of hydrogen-bond donors (Lipinski definition) is 2. The van der Waals surface area contributed by atoms with E-state index in [2.05, 4.69) is 33.5 Å². The Labute approximate surface area is 223 Å². The Morgan fingerprint density at radius 1 is 1.03 bits per heavy atom. The molecule has 38 heavy (non-hydrogen) atoms. The summed E-state index contributed by atoms with van der Waals surface area (Å²) < 4.78 is 11.2. The number of ether oxygens (including phenoxy) is 1. The van der Waals surface area contributed by atoms with Gasteiger partial charge in [-0.15, -0.1) is 11.3 Å². The number of carbonyl (C=O) groups is 1. The van der Waals surface area contributed by atoms with E-state index in [1.54, 1.807) is 49.6 Å². The zero-order chi connectivity index (χ0) is 26.1. The molecule has 1 amide bonds. The van der Waals surface area contributed by atoms with Crippen molar-refractivity contribution >= 4 is 39.0 Å². The van der Waals surface area contributed by atoms with Crippen LogP contribution in [0.2, 0.25) is 0 Å². The minimum atomic E-state index is -0.387. The lowest BCUT2D eigenvalue weighted by molar-refractivity contribution is 0.102. The van der Waals surface area contributed by atoms with Crippen LogP contribution in [0.25, 0.3) is 22.2 Å². The highest BCUT2D eigenvalue weighted by Gasteiger charge is 2.17. The molecular formula is C30H25N3O4S. The van der Waals surface area contributed by atoms with Gasteiger partial charge in [0.2, 0.25) is 5.55 Å². The number of aromatic nitrogens is 1. The number of phenols is 1. The van der Waals surface area contributed by atoms with Crippen LogP contribution < -0.4 is 15.6 Å². The molecule has 0 atom stereocenters. The Balaban J connectivity index is 1.33. The summed E-state index contributed by atoms with van der Waals surface area (Å²) in [6.45, 7) is 0. The molecule has 2 N–H and O–H groups in total. The first-order valence-electron chi connectivity index (χ1n) is 12.4. The first-order chi connectivity index (χ1) is 18.6. The number of rotatable bonds is 5. The van der Waals surface area contributed by atoms with E-state index in [1.165, 1.54) is 41.4 Å². The molecular weight excluding hydrogens is 498 g/mol. The molecule has 0 spiro atoms. The van der Waals surface area contributed by atoms with Gasteiger partial charge in [-0.2, -0.15) is 0 Å². The summed E-state index contributed by atoms with van der Waals surface area (Å²) in [5, 5.41) is 15.9. The average molecular weight is 524 g/mol. The maximum Gasteiger partial charge on any atom is 0.262 e. The Hall–Kier alpha value is -4.43. The van der Waals surface area contributed by atoms with Crippen molar-refractivity contribution < 1.29 is 19.1 Å². The number of nitrogens with one attached hydrogen (secondary N) is 1. The molecule has 6 rings (SSSR count). The van der Waals surface area contributed by atoms with Crippen LogP contribution in [0.1, 0.15) is 34.3 Å². The minimum Gasteiger partial charge on any atom is -0.508 e. The molecule has 7 nitrogen and oxygen atoms in total. The van der Waals surface area contributed by atoms with E-state index in [0.717, 1.165) is 24.1 Å². The van der Waals surface area contributed by atoms with E-state index in [4.69, 9.17) is 9.15 Å². The number of hydrogen-bond acceptors (Lipinski definition) is 7. The number of thiazole rings is 1. The number of benzene rings is 3. The molecule has 0 saturated carbocycles. The Kier molecular flexibility index (Phi) is 6.39. The fourth-order valence-electron chi connectivity index (χ4n) is 4.65. The topological polar surface area (TPSA) is 97.0 Å². The quantitative estimate of drug-likeness (QED) is 0.269. The second kappa shape index (κ2) is 10.1. The average Bonchev–Trinajstić information content (AvgIpc) is 3.41. The van der Waals surface area contributed by atoms with E-state index in [0.29, 0.717) is 27.5 Å². The smallest absolute Gasteiger partial charge is 0.262 e. The SMILES string of the molecule is COc1ccc(N=c2oc3cc(O)ccc3cc2C(=O)Nc2nc(-c3ccc4c(c3)CCCC4)cs2)cc1. The molecule has 0 bridgehead atoms. The van der Waals surface area contributed by atoms with Crippen LogP contribution in [0.15, 0.2) is 81.5 Å². The predicted octanol–water partition coefficient (Wildman–Crippen LogP) is 6.63. The normalized spacial score (nSPS) is 13.3. The van der Waals surface area contributed by atoms with E-state index >= 15 is 0 Å². The van der Waals surface area contributed by atoms with Crippen molar-refractivity contribution in [3.05, 3.63) is 94.4 Å². The van der Waals surface area contributed by atoms with Gasteiger partial charge in [-0.05, 0) is 85.3 Å². The summed E-state index contributed by atoms with van der Waals surface area (Å²) in [4.78, 5) is 22.7. The highest BCUT2D eigenvalue weighted by atomic mass is 32.1. The minimum absolute atomic E-state index is 0.0614. The Morgan fingerprint density at radius 3 is 2.66 bits per heavy atom. The monoisotopic (exact) mass is 523 g/mol. The number of phenolic OH excluding ortho intramolecular Hbond substituents is 1. The maximum atomic E-state index is 13.4. The van der Waals surface area contributed by atoms with Crippen LogP contribution in [0, 0.1) is 0 Å². The van der Waals surface area contributed by atoms with E-state index < -0.39 is 0 Å². The predicted molar refractivity (Wildman–Crippen MR) is 148 cm³/mol. The Morgan fingerprint density at radius 2 is 1.84 bits per heavy atom. The molecule has 2 aromatic heterocycles. The van der Waals surface area contributed by atoms with Crippen LogP contribution in [0.3, 0.4) is 0 Å². The van der Waals surface area contributed by atoms with Crippen molar-refractivity contribution in [1.29, 1.82) is 0 Å². The maximum absolute atomic E-state index is 13.4. The molecule has 1 aliphatic carbocycles. The molecule has 0 aliphatic heterocycles. The second-order valence-electron chi connectivity index (χ2n) is 9.18. The van der Waals surface area contributed by atoms with Crippen molar-refractivity contribution in [2.45, 2.75) is 25.7 Å². The van der Waals surface area contributed by atoms with Gasteiger partial charge in [0.1, 0.15) is 22.6 Å². The largest absolute Gasteiger partial charge is 0.508 e. The van der Waals surface area contributed by atoms with Gasteiger partial charge >= 0.3 is 0 Å². The van der Waals surface area contributed by atoms with Crippen molar-refractivity contribution in [1.82, 2.24) is 4.98 Å². The number of aromatic hydroxyl groups is 1. The van der Waals surface area contributed by atoms with Gasteiger partial charge in [0.05, 0.1) is 18.5 Å². The number of methoxy groups -OCH3 is 1. The molecule has 3 aromatic carbocycles. The standard InChI is InChI=1S/C30H25N3O4S/c1-36-24-12-9-22(10-13-24)31-29-25(15-21-8-11-23(34)16-27(21)37-29)28(35)33-30-32-26(17-38-30)20-7-6-18-4-2-3-5-19(18)14-20/h6-17,34H,2-5H2,1H3,(H,32,33,35). The van der Waals surface area contributed by atoms with E-state index in [1.807, 2.05) is 5.38 Å². The van der Waals surface area contributed by atoms with Gasteiger partial charge < -0.3 is 14.3 Å². The molecule has 2 heterocycles. The van der Waals surface area contributed by atoms with Gasteiger partial charge in [0.25, 0.3) is 5.91 Å². The van der Waals surface area contributed by atoms with Crippen LogP contribution in [-0.2, 0) is 12.8 Å². The zero-order valence-corrected chi connectivity index (χ0v) is 21.5. The Bertz CT molecular complexity index is 1720. The first-order valence-corrected chi connectivity index (χ1v) is 13.3. The summed E-state index contributed by atoms with van der Waals surface area (Å²) in [7, 11) is 1.59. The number of anilines is 1. The third-order valence-corrected chi connectivity index (χ3v) is 7.41. The van der Waals surface area contributed by atoms with Crippen LogP contribution in [0.5, 0.6) is 11.5 Å². The van der Waals surface area contributed by atoms with Crippen molar-refractivity contribution in [2.24, 2.45) is 4.99 Å². The molecule has 1 aliphatic rings. The summed E-state index contributed by atoms with van der Waals surface area (Å²) in [5.74, 6) is 0.370. The van der Waals surface area contributed by atoms with Gasteiger partial charge in [0.15, 0.2) is 5.13 Å². The third-order valence-electron chi connectivity index (χ3n) is 6.65. The highest BCUT2D eigenvalue weighted by molar-refractivity contribution is 7.14. The summed E-state index contributed by atoms with van der Waals surface area (Å²) >= 11 is 1.37. The van der Waals surface area contributed by atoms with Crippen LogP contribution in [0.4, 0.5) is 10.8 Å². The van der Waals surface area contributed by atoms with Crippen LogP contribution in [-0.4, -0.2) is 23.1 Å². The van der Waals surface area contributed by atoms with E-state index in [9.17, 15) is 9.90 Å². The second-order valence-corrected chi connectivity index (χ2v) is 10.0. The fourth-order valence-corrected chi connectivity index (χ4v) is 5.36. The van der Waals surface area contributed by atoms with Crippen molar-refractivity contribution in [3.8, 4) is 22.8 Å². The molecule has 5 aromatic rings. The summed E-state index contributed by atoms with van der Waals surface area (Å²) in [6, 6.07) is 20.1. The van der Waals surface area contributed by atoms with Crippen LogP contribution >= 0.6 is 11.3 Å². The van der Waals surface area contributed by atoms with Gasteiger partial charge in [-0.3, -0.25) is 10.1 Å². The van der Waals surface area contributed by atoms with E-state index in [-0.39, 0.29) is 22.8 Å². The summed E-state index contributed by atoms with van der Waals surface area (Å²) in [5.41, 5.74) is 6.08. The molecule has 0 unspecified atom stereocenters.